The lowest BCUT2D eigenvalue weighted by molar-refractivity contribution is 0.0955. The third kappa shape index (κ3) is 4.60. The van der Waals surface area contributed by atoms with Gasteiger partial charge in [0.05, 0.1) is 19.9 Å². The number of para-hydroxylation sites is 1. The zero-order valence-electron chi connectivity index (χ0n) is 18.4. The van der Waals surface area contributed by atoms with Crippen LogP contribution in [0.4, 0.5) is 0 Å². The standard InChI is InChI=1S/C26H26N2O3S/c1-17-8-10-18(11-9-17)24-25(20-6-4-5-7-21(20)28-24)32-15-14-27-26(29)19-12-13-22(30-2)23(16-19)31-3/h4-13,16,28H,14-15H2,1-3H3,(H,27,29). The van der Waals surface area contributed by atoms with E-state index in [0.29, 0.717) is 23.6 Å². The van der Waals surface area contributed by atoms with Crippen LogP contribution in [0, 0.1) is 6.92 Å². The van der Waals surface area contributed by atoms with Gasteiger partial charge in [-0.3, -0.25) is 4.79 Å². The number of carbonyl (C=O) groups is 1. The molecule has 4 aromatic rings. The zero-order chi connectivity index (χ0) is 22.5. The topological polar surface area (TPSA) is 63.3 Å². The Morgan fingerprint density at radius 2 is 1.72 bits per heavy atom. The summed E-state index contributed by atoms with van der Waals surface area (Å²) in [5.74, 6) is 1.75. The molecule has 0 aliphatic rings. The molecule has 2 N–H and O–H groups in total. The van der Waals surface area contributed by atoms with Crippen LogP contribution in [0.5, 0.6) is 11.5 Å². The van der Waals surface area contributed by atoms with E-state index in [0.717, 1.165) is 22.5 Å². The van der Waals surface area contributed by atoms with E-state index in [4.69, 9.17) is 9.47 Å². The zero-order valence-corrected chi connectivity index (χ0v) is 19.2. The number of aryl methyl sites for hydroxylation is 1. The van der Waals surface area contributed by atoms with Crippen molar-refractivity contribution in [2.75, 3.05) is 26.5 Å². The number of hydrogen-bond donors (Lipinski definition) is 2. The van der Waals surface area contributed by atoms with E-state index < -0.39 is 0 Å². The van der Waals surface area contributed by atoms with Crippen molar-refractivity contribution in [2.45, 2.75) is 11.8 Å². The van der Waals surface area contributed by atoms with Crippen molar-refractivity contribution < 1.29 is 14.3 Å². The fourth-order valence-electron chi connectivity index (χ4n) is 3.59. The SMILES string of the molecule is COc1ccc(C(=O)NCCSc2c(-c3ccc(C)cc3)[nH]c3ccccc23)cc1OC. The second kappa shape index (κ2) is 9.83. The van der Waals surface area contributed by atoms with Gasteiger partial charge in [-0.1, -0.05) is 48.0 Å². The summed E-state index contributed by atoms with van der Waals surface area (Å²) in [5, 5.41) is 4.19. The molecule has 0 saturated carbocycles. The Kier molecular flexibility index (Phi) is 6.71. The van der Waals surface area contributed by atoms with Crippen molar-refractivity contribution >= 4 is 28.6 Å². The van der Waals surface area contributed by atoms with Gasteiger partial charge in [0.2, 0.25) is 0 Å². The molecule has 0 atom stereocenters. The summed E-state index contributed by atoms with van der Waals surface area (Å²) < 4.78 is 10.5. The second-order valence-corrected chi connectivity index (χ2v) is 8.52. The lowest BCUT2D eigenvalue weighted by atomic mass is 10.1. The monoisotopic (exact) mass is 446 g/mol. The van der Waals surface area contributed by atoms with Crippen molar-refractivity contribution in [1.82, 2.24) is 10.3 Å². The number of hydrogen-bond acceptors (Lipinski definition) is 4. The highest BCUT2D eigenvalue weighted by Crippen LogP contribution is 2.37. The Hall–Kier alpha value is -3.38. The molecule has 0 unspecified atom stereocenters. The number of fused-ring (bicyclic) bond motifs is 1. The summed E-state index contributed by atoms with van der Waals surface area (Å²) in [5.41, 5.74) is 5.16. The summed E-state index contributed by atoms with van der Waals surface area (Å²) in [6.45, 7) is 2.64. The fraction of sp³-hybridized carbons (Fsp3) is 0.192. The fourth-order valence-corrected chi connectivity index (χ4v) is 4.64. The molecular formula is C26H26N2O3S. The number of ether oxygens (including phenoxy) is 2. The largest absolute Gasteiger partial charge is 0.493 e. The average molecular weight is 447 g/mol. The van der Waals surface area contributed by atoms with Crippen LogP contribution >= 0.6 is 11.8 Å². The molecule has 5 nitrogen and oxygen atoms in total. The number of H-pyrrole nitrogens is 1. The number of aromatic nitrogens is 1. The molecule has 4 rings (SSSR count). The molecule has 0 bridgehead atoms. The number of thioether (sulfide) groups is 1. The number of rotatable bonds is 8. The molecule has 1 aromatic heterocycles. The van der Waals surface area contributed by atoms with Gasteiger partial charge < -0.3 is 19.8 Å². The van der Waals surface area contributed by atoms with Crippen LogP contribution in [0.15, 0.2) is 71.6 Å². The van der Waals surface area contributed by atoms with Gasteiger partial charge in [0.25, 0.3) is 5.91 Å². The Labute approximate surface area is 192 Å². The minimum atomic E-state index is -0.135. The molecule has 0 fully saturated rings. The normalized spacial score (nSPS) is 10.8. The molecule has 164 valence electrons. The van der Waals surface area contributed by atoms with E-state index in [-0.39, 0.29) is 5.91 Å². The highest BCUT2D eigenvalue weighted by molar-refractivity contribution is 7.99. The maximum atomic E-state index is 12.6. The highest BCUT2D eigenvalue weighted by atomic mass is 32.2. The maximum absolute atomic E-state index is 12.6. The van der Waals surface area contributed by atoms with Gasteiger partial charge in [-0.05, 0) is 36.8 Å². The van der Waals surface area contributed by atoms with Gasteiger partial charge in [-0.25, -0.2) is 0 Å². The first-order chi connectivity index (χ1) is 15.6. The second-order valence-electron chi connectivity index (χ2n) is 7.41. The van der Waals surface area contributed by atoms with E-state index in [9.17, 15) is 4.79 Å². The smallest absolute Gasteiger partial charge is 0.251 e. The number of amides is 1. The van der Waals surface area contributed by atoms with Crippen molar-refractivity contribution in [2.24, 2.45) is 0 Å². The Balaban J connectivity index is 1.46. The van der Waals surface area contributed by atoms with Crippen LogP contribution in [0.1, 0.15) is 15.9 Å². The van der Waals surface area contributed by atoms with E-state index in [1.165, 1.54) is 15.8 Å². The van der Waals surface area contributed by atoms with E-state index in [1.807, 2.05) is 6.07 Å². The first kappa shape index (κ1) is 21.8. The molecule has 32 heavy (non-hydrogen) atoms. The summed E-state index contributed by atoms with van der Waals surface area (Å²) >= 11 is 1.74. The molecule has 1 amide bonds. The average Bonchev–Trinajstić information content (AvgIpc) is 3.20. The molecule has 6 heteroatoms. The van der Waals surface area contributed by atoms with Gasteiger partial charge >= 0.3 is 0 Å². The molecular weight excluding hydrogens is 420 g/mol. The van der Waals surface area contributed by atoms with Crippen molar-refractivity contribution in [1.29, 1.82) is 0 Å². The predicted molar refractivity (Wildman–Crippen MR) is 131 cm³/mol. The minimum Gasteiger partial charge on any atom is -0.493 e. The molecule has 0 saturated heterocycles. The van der Waals surface area contributed by atoms with Crippen LogP contribution in [0.25, 0.3) is 22.2 Å². The summed E-state index contributed by atoms with van der Waals surface area (Å²) in [6.07, 6.45) is 0. The maximum Gasteiger partial charge on any atom is 0.251 e. The molecule has 0 spiro atoms. The van der Waals surface area contributed by atoms with Crippen molar-refractivity contribution in [3.8, 4) is 22.8 Å². The lowest BCUT2D eigenvalue weighted by Crippen LogP contribution is -2.25. The summed E-state index contributed by atoms with van der Waals surface area (Å²) in [4.78, 5) is 17.3. The molecule has 0 radical (unpaired) electrons. The molecule has 0 aliphatic heterocycles. The minimum absolute atomic E-state index is 0.135. The third-order valence-electron chi connectivity index (χ3n) is 5.28. The van der Waals surface area contributed by atoms with Crippen molar-refractivity contribution in [3.05, 3.63) is 77.9 Å². The molecule has 3 aromatic carbocycles. The summed E-state index contributed by atoms with van der Waals surface area (Å²) in [6, 6.07) is 22.0. The van der Waals surface area contributed by atoms with Crippen LogP contribution < -0.4 is 14.8 Å². The first-order valence-corrected chi connectivity index (χ1v) is 11.4. The number of methoxy groups -OCH3 is 2. The Morgan fingerprint density at radius 3 is 2.47 bits per heavy atom. The first-order valence-electron chi connectivity index (χ1n) is 10.4. The highest BCUT2D eigenvalue weighted by Gasteiger charge is 2.14. The number of nitrogens with one attached hydrogen (secondary N) is 2. The Bertz CT molecular complexity index is 1230. The van der Waals surface area contributed by atoms with E-state index in [1.54, 1.807) is 44.2 Å². The van der Waals surface area contributed by atoms with Crippen LogP contribution in [-0.4, -0.2) is 37.4 Å². The van der Waals surface area contributed by atoms with E-state index in [2.05, 4.69) is 59.7 Å². The van der Waals surface area contributed by atoms with E-state index >= 15 is 0 Å². The lowest BCUT2D eigenvalue weighted by Gasteiger charge is -2.10. The van der Waals surface area contributed by atoms with Gasteiger partial charge in [0.15, 0.2) is 11.5 Å². The molecule has 1 heterocycles. The molecule has 0 aliphatic carbocycles. The van der Waals surface area contributed by atoms with Gasteiger partial charge in [0.1, 0.15) is 0 Å². The predicted octanol–water partition coefficient (Wildman–Crippen LogP) is 5.68. The quantitative estimate of drug-likeness (QED) is 0.270. The third-order valence-corrected chi connectivity index (χ3v) is 6.40. The van der Waals surface area contributed by atoms with Crippen LogP contribution in [0.2, 0.25) is 0 Å². The number of carbonyl (C=O) groups excluding carboxylic acids is 1. The van der Waals surface area contributed by atoms with Crippen molar-refractivity contribution in [3.63, 3.8) is 0 Å². The van der Waals surface area contributed by atoms with Gasteiger partial charge in [-0.15, -0.1) is 11.8 Å². The van der Waals surface area contributed by atoms with Crippen LogP contribution in [-0.2, 0) is 0 Å². The van der Waals surface area contributed by atoms with Gasteiger partial charge in [0, 0.05) is 33.7 Å². The Morgan fingerprint density at radius 1 is 0.969 bits per heavy atom. The van der Waals surface area contributed by atoms with Gasteiger partial charge in [-0.2, -0.15) is 0 Å². The van der Waals surface area contributed by atoms with Crippen LogP contribution in [0.3, 0.4) is 0 Å². The summed E-state index contributed by atoms with van der Waals surface area (Å²) in [7, 11) is 3.13. The number of benzene rings is 3. The number of aromatic amines is 1.